The Labute approximate surface area is 120 Å². The lowest BCUT2D eigenvalue weighted by atomic mass is 10.0. The van der Waals surface area contributed by atoms with Crippen molar-refractivity contribution in [3.63, 3.8) is 0 Å². The molecule has 110 valence electrons. The van der Waals surface area contributed by atoms with Crippen molar-refractivity contribution in [1.82, 2.24) is 20.0 Å². The average Bonchev–Trinajstić information content (AvgIpc) is 3.00. The molecule has 2 saturated heterocycles. The molecule has 1 aromatic rings. The summed E-state index contributed by atoms with van der Waals surface area (Å²) in [7, 11) is 2.17. The van der Waals surface area contributed by atoms with Crippen LogP contribution in [-0.4, -0.2) is 59.1 Å². The van der Waals surface area contributed by atoms with E-state index in [9.17, 15) is 4.79 Å². The van der Waals surface area contributed by atoms with E-state index in [0.29, 0.717) is 11.8 Å². The van der Waals surface area contributed by atoms with E-state index in [0.717, 1.165) is 43.1 Å². The Kier molecular flexibility index (Phi) is 3.32. The van der Waals surface area contributed by atoms with Crippen LogP contribution in [0.3, 0.4) is 0 Å². The van der Waals surface area contributed by atoms with Gasteiger partial charge < -0.3 is 9.80 Å². The second-order valence-electron chi connectivity index (χ2n) is 6.72. The Morgan fingerprint density at radius 1 is 1.25 bits per heavy atom. The first-order chi connectivity index (χ1) is 9.47. The minimum atomic E-state index is 0.164. The fourth-order valence-corrected chi connectivity index (χ4v) is 3.69. The molecule has 5 nitrogen and oxygen atoms in total. The van der Waals surface area contributed by atoms with Crippen LogP contribution in [0.1, 0.15) is 41.5 Å². The Morgan fingerprint density at radius 3 is 2.40 bits per heavy atom. The number of nitrogens with one attached hydrogen (secondary N) is 1. The maximum absolute atomic E-state index is 12.8. The monoisotopic (exact) mass is 276 g/mol. The summed E-state index contributed by atoms with van der Waals surface area (Å²) >= 11 is 0. The number of carbonyl (C=O) groups excluding carboxylic acids is 1. The maximum Gasteiger partial charge on any atom is 0.257 e. The molecule has 0 radical (unpaired) electrons. The van der Waals surface area contributed by atoms with Gasteiger partial charge in [0.15, 0.2) is 0 Å². The second kappa shape index (κ2) is 4.88. The summed E-state index contributed by atoms with van der Waals surface area (Å²) in [5.41, 5.74) is 2.60. The molecular formula is C15H24N4O. The molecule has 2 atom stereocenters. The van der Waals surface area contributed by atoms with Gasteiger partial charge in [0, 0.05) is 31.9 Å². The Hall–Kier alpha value is -1.36. The molecule has 3 heterocycles. The first-order valence-electron chi connectivity index (χ1n) is 7.50. The molecule has 0 saturated carbocycles. The normalized spacial score (nSPS) is 26.6. The lowest BCUT2D eigenvalue weighted by Gasteiger charge is -2.20. The third-order valence-electron chi connectivity index (χ3n) is 4.69. The summed E-state index contributed by atoms with van der Waals surface area (Å²) in [6, 6.07) is 0. The van der Waals surface area contributed by atoms with Crippen molar-refractivity contribution in [2.75, 3.05) is 33.2 Å². The number of aryl methyl sites for hydroxylation is 1. The van der Waals surface area contributed by atoms with Crippen molar-refractivity contribution in [2.45, 2.75) is 26.7 Å². The quantitative estimate of drug-likeness (QED) is 0.890. The van der Waals surface area contributed by atoms with Gasteiger partial charge in [-0.3, -0.25) is 9.89 Å². The Morgan fingerprint density at radius 2 is 1.85 bits per heavy atom. The Bertz CT molecular complexity index is 508. The number of amides is 1. The van der Waals surface area contributed by atoms with Crippen LogP contribution in [0, 0.1) is 18.8 Å². The third kappa shape index (κ3) is 2.14. The summed E-state index contributed by atoms with van der Waals surface area (Å²) in [4.78, 5) is 17.2. The number of aromatic amines is 1. The minimum Gasteiger partial charge on any atom is -0.338 e. The zero-order valence-corrected chi connectivity index (χ0v) is 12.8. The van der Waals surface area contributed by atoms with Gasteiger partial charge in [-0.05, 0) is 31.7 Å². The van der Waals surface area contributed by atoms with Crippen molar-refractivity contribution in [3.05, 3.63) is 17.0 Å². The summed E-state index contributed by atoms with van der Waals surface area (Å²) in [5, 5.41) is 7.29. The van der Waals surface area contributed by atoms with E-state index in [1.165, 1.54) is 0 Å². The van der Waals surface area contributed by atoms with Crippen LogP contribution in [0.5, 0.6) is 0 Å². The van der Waals surface area contributed by atoms with Crippen LogP contribution in [-0.2, 0) is 0 Å². The molecular weight excluding hydrogens is 252 g/mol. The largest absolute Gasteiger partial charge is 0.338 e. The number of hydrogen-bond donors (Lipinski definition) is 1. The van der Waals surface area contributed by atoms with E-state index in [1.54, 1.807) is 0 Å². The highest BCUT2D eigenvalue weighted by molar-refractivity contribution is 5.96. The first kappa shape index (κ1) is 13.6. The summed E-state index contributed by atoms with van der Waals surface area (Å²) in [6.45, 7) is 10.1. The van der Waals surface area contributed by atoms with E-state index >= 15 is 0 Å². The number of rotatable bonds is 2. The highest BCUT2D eigenvalue weighted by atomic mass is 16.2. The van der Waals surface area contributed by atoms with Gasteiger partial charge in [-0.2, -0.15) is 5.10 Å². The van der Waals surface area contributed by atoms with Crippen LogP contribution in [0.25, 0.3) is 0 Å². The number of fused-ring (bicyclic) bond motifs is 1. The van der Waals surface area contributed by atoms with Crippen LogP contribution >= 0.6 is 0 Å². The molecule has 0 bridgehead atoms. The third-order valence-corrected chi connectivity index (χ3v) is 4.69. The molecule has 1 N–H and O–H groups in total. The molecule has 2 aliphatic rings. The van der Waals surface area contributed by atoms with Crippen molar-refractivity contribution in [2.24, 2.45) is 11.8 Å². The van der Waals surface area contributed by atoms with Gasteiger partial charge in [0.1, 0.15) is 0 Å². The smallest absolute Gasteiger partial charge is 0.257 e. The van der Waals surface area contributed by atoms with Crippen molar-refractivity contribution < 1.29 is 4.79 Å². The van der Waals surface area contributed by atoms with E-state index in [2.05, 4.69) is 36.0 Å². The van der Waals surface area contributed by atoms with E-state index in [-0.39, 0.29) is 11.8 Å². The van der Waals surface area contributed by atoms with Gasteiger partial charge in [0.25, 0.3) is 5.91 Å². The lowest BCUT2D eigenvalue weighted by molar-refractivity contribution is 0.0774. The molecule has 20 heavy (non-hydrogen) atoms. The molecule has 1 amide bonds. The minimum absolute atomic E-state index is 0.164. The van der Waals surface area contributed by atoms with Crippen LogP contribution in [0.4, 0.5) is 0 Å². The predicted molar refractivity (Wildman–Crippen MR) is 77.8 cm³/mol. The molecule has 0 unspecified atom stereocenters. The fourth-order valence-electron chi connectivity index (χ4n) is 3.69. The Balaban J connectivity index is 1.79. The number of carbonyl (C=O) groups is 1. The molecule has 2 fully saturated rings. The van der Waals surface area contributed by atoms with Crippen molar-refractivity contribution >= 4 is 5.91 Å². The highest BCUT2D eigenvalue weighted by Gasteiger charge is 2.41. The van der Waals surface area contributed by atoms with E-state index < -0.39 is 0 Å². The summed E-state index contributed by atoms with van der Waals surface area (Å²) in [6.07, 6.45) is 0. The first-order valence-corrected chi connectivity index (χ1v) is 7.50. The van der Waals surface area contributed by atoms with Gasteiger partial charge in [0.2, 0.25) is 0 Å². The fraction of sp³-hybridized carbons (Fsp3) is 0.733. The molecule has 2 aliphatic heterocycles. The topological polar surface area (TPSA) is 52.2 Å². The van der Waals surface area contributed by atoms with Crippen molar-refractivity contribution in [3.8, 4) is 0 Å². The lowest BCUT2D eigenvalue weighted by Crippen LogP contribution is -2.33. The molecule has 0 spiro atoms. The van der Waals surface area contributed by atoms with Crippen LogP contribution < -0.4 is 0 Å². The standard InChI is InChI=1S/C15H24N4O/c1-9(2)14-13(10(3)16-17-14)15(20)19-7-11-5-18(4)6-12(11)8-19/h9,11-12H,5-8H2,1-4H3,(H,16,17)/t11-,12+. The number of aromatic nitrogens is 2. The SMILES string of the molecule is Cc1[nH]nc(C(C)C)c1C(=O)N1C[C@H]2CN(C)C[C@H]2C1. The van der Waals surface area contributed by atoms with Gasteiger partial charge in [-0.1, -0.05) is 13.8 Å². The average molecular weight is 276 g/mol. The van der Waals surface area contributed by atoms with Gasteiger partial charge >= 0.3 is 0 Å². The van der Waals surface area contributed by atoms with Crippen LogP contribution in [0.2, 0.25) is 0 Å². The number of nitrogens with zero attached hydrogens (tertiary/aromatic N) is 3. The summed E-state index contributed by atoms with van der Waals surface area (Å²) < 4.78 is 0. The van der Waals surface area contributed by atoms with E-state index in [4.69, 9.17) is 0 Å². The molecule has 1 aromatic heterocycles. The molecule has 0 aliphatic carbocycles. The number of hydrogen-bond acceptors (Lipinski definition) is 3. The zero-order valence-electron chi connectivity index (χ0n) is 12.8. The van der Waals surface area contributed by atoms with Crippen LogP contribution in [0.15, 0.2) is 0 Å². The second-order valence-corrected chi connectivity index (χ2v) is 6.72. The zero-order chi connectivity index (χ0) is 14.4. The number of likely N-dealkylation sites (tertiary alicyclic amines) is 2. The predicted octanol–water partition coefficient (Wildman–Crippen LogP) is 1.48. The van der Waals surface area contributed by atoms with Gasteiger partial charge in [-0.25, -0.2) is 0 Å². The molecule has 3 rings (SSSR count). The molecule has 5 heteroatoms. The van der Waals surface area contributed by atoms with Gasteiger partial charge in [-0.15, -0.1) is 0 Å². The highest BCUT2D eigenvalue weighted by Crippen LogP contribution is 2.32. The molecule has 0 aromatic carbocycles. The van der Waals surface area contributed by atoms with E-state index in [1.807, 2.05) is 11.8 Å². The number of H-pyrrole nitrogens is 1. The maximum atomic E-state index is 12.8. The van der Waals surface area contributed by atoms with Crippen molar-refractivity contribution in [1.29, 1.82) is 0 Å². The summed E-state index contributed by atoms with van der Waals surface area (Å²) in [5.74, 6) is 1.74. The van der Waals surface area contributed by atoms with Gasteiger partial charge in [0.05, 0.1) is 11.3 Å².